The van der Waals surface area contributed by atoms with Crippen LogP contribution < -0.4 is 5.32 Å². The van der Waals surface area contributed by atoms with Crippen LogP contribution in [0.15, 0.2) is 28.6 Å². The first kappa shape index (κ1) is 17.2. The average Bonchev–Trinajstić information content (AvgIpc) is 2.29. The number of nitrogens with one attached hydrogen (secondary N) is 1. The minimum Gasteiger partial charge on any atom is -0.478 e. The summed E-state index contributed by atoms with van der Waals surface area (Å²) >= 11 is 0. The van der Waals surface area contributed by atoms with Gasteiger partial charge in [-0.2, -0.15) is 0 Å². The van der Waals surface area contributed by atoms with E-state index in [0.717, 1.165) is 5.57 Å². The minimum absolute atomic E-state index is 0.271. The molecule has 0 aliphatic heterocycles. The molecule has 5 heteroatoms. The van der Waals surface area contributed by atoms with Crippen molar-refractivity contribution in [2.75, 3.05) is 13.2 Å². The number of ether oxygens (including phenoxy) is 2. The van der Waals surface area contributed by atoms with Crippen molar-refractivity contribution >= 4 is 12.8 Å². The summed E-state index contributed by atoms with van der Waals surface area (Å²) in [5.41, 5.74) is 0.221. The Morgan fingerprint density at radius 2 is 2.05 bits per heavy atom. The predicted octanol–water partition coefficient (Wildman–Crippen LogP) is 3.04. The Kier molecular flexibility index (Phi) is 7.56. The van der Waals surface area contributed by atoms with E-state index in [2.05, 4.69) is 17.0 Å². The van der Waals surface area contributed by atoms with Crippen LogP contribution in [0, 0.1) is 0 Å². The number of rotatable bonds is 6. The van der Waals surface area contributed by atoms with Crippen molar-refractivity contribution in [2.45, 2.75) is 40.2 Å². The molecule has 0 spiro atoms. The van der Waals surface area contributed by atoms with Crippen LogP contribution in [0.2, 0.25) is 0 Å². The van der Waals surface area contributed by atoms with E-state index in [0.29, 0.717) is 12.5 Å². The zero-order valence-electron chi connectivity index (χ0n) is 12.4. The zero-order valence-corrected chi connectivity index (χ0v) is 12.4. The van der Waals surface area contributed by atoms with Crippen LogP contribution in [0.5, 0.6) is 0 Å². The Balaban J connectivity index is 4.69. The fraction of sp³-hybridized carbons (Fsp3) is 0.571. The van der Waals surface area contributed by atoms with E-state index in [1.165, 1.54) is 0 Å². The van der Waals surface area contributed by atoms with E-state index in [4.69, 9.17) is 9.47 Å². The van der Waals surface area contributed by atoms with Gasteiger partial charge in [-0.25, -0.2) is 9.79 Å². The quantitative estimate of drug-likeness (QED) is 0.457. The van der Waals surface area contributed by atoms with Crippen molar-refractivity contribution in [3.05, 3.63) is 23.6 Å². The fourth-order valence-corrected chi connectivity index (χ4v) is 1.27. The summed E-state index contributed by atoms with van der Waals surface area (Å²) in [7, 11) is 0. The zero-order chi connectivity index (χ0) is 14.9. The van der Waals surface area contributed by atoms with E-state index in [1.807, 2.05) is 46.8 Å². The monoisotopic (exact) mass is 268 g/mol. The highest BCUT2D eigenvalue weighted by molar-refractivity contribution is 5.68. The molecular weight excluding hydrogens is 244 g/mol. The van der Waals surface area contributed by atoms with Crippen molar-refractivity contribution in [1.29, 1.82) is 0 Å². The average molecular weight is 268 g/mol. The van der Waals surface area contributed by atoms with Gasteiger partial charge in [0.2, 0.25) is 5.88 Å². The van der Waals surface area contributed by atoms with Crippen molar-refractivity contribution in [2.24, 2.45) is 4.99 Å². The standard InChI is InChI=1S/C14H24N2O3/c1-7-9-11(12(15-6)18-8-2)10-16-13(17)19-14(3,4)5/h7,9H,6,8,10H2,1-5H3,(H,16,17)/b9-7-,12-11-. The summed E-state index contributed by atoms with van der Waals surface area (Å²) in [6.07, 6.45) is 3.18. The number of carbonyl (C=O) groups is 1. The van der Waals surface area contributed by atoms with Gasteiger partial charge in [-0.05, 0) is 41.3 Å². The lowest BCUT2D eigenvalue weighted by atomic mass is 10.2. The molecule has 0 saturated heterocycles. The highest BCUT2D eigenvalue weighted by atomic mass is 16.6. The molecule has 0 rings (SSSR count). The molecule has 1 amide bonds. The first-order valence-electron chi connectivity index (χ1n) is 6.26. The van der Waals surface area contributed by atoms with Gasteiger partial charge in [-0.15, -0.1) is 0 Å². The Bertz CT molecular complexity index is 365. The molecule has 0 bridgehead atoms. The smallest absolute Gasteiger partial charge is 0.407 e. The SMILES string of the molecule is C=N/C(OCC)=C(\C=C/C)CNC(=O)OC(C)(C)C. The Morgan fingerprint density at radius 1 is 1.42 bits per heavy atom. The van der Waals surface area contributed by atoms with Gasteiger partial charge >= 0.3 is 6.09 Å². The number of nitrogens with zero attached hydrogens (tertiary/aromatic N) is 1. The largest absolute Gasteiger partial charge is 0.478 e. The molecule has 0 fully saturated rings. The topological polar surface area (TPSA) is 59.9 Å². The van der Waals surface area contributed by atoms with Crippen LogP contribution in [0.4, 0.5) is 4.79 Å². The molecule has 0 aromatic heterocycles. The normalized spacial score (nSPS) is 12.9. The fourth-order valence-electron chi connectivity index (χ4n) is 1.27. The molecule has 0 aliphatic carbocycles. The van der Waals surface area contributed by atoms with Gasteiger partial charge < -0.3 is 14.8 Å². The highest BCUT2D eigenvalue weighted by Crippen LogP contribution is 2.10. The maximum Gasteiger partial charge on any atom is 0.407 e. The molecular formula is C14H24N2O3. The molecule has 0 aromatic carbocycles. The van der Waals surface area contributed by atoms with Crippen LogP contribution in [-0.2, 0) is 9.47 Å². The Morgan fingerprint density at radius 3 is 2.47 bits per heavy atom. The van der Waals surface area contributed by atoms with Crippen molar-refractivity contribution in [1.82, 2.24) is 5.32 Å². The predicted molar refractivity (Wildman–Crippen MR) is 77.3 cm³/mol. The van der Waals surface area contributed by atoms with Gasteiger partial charge in [-0.3, -0.25) is 0 Å². The third-order valence-corrected chi connectivity index (χ3v) is 1.89. The lowest BCUT2D eigenvalue weighted by Gasteiger charge is -2.20. The van der Waals surface area contributed by atoms with Crippen LogP contribution >= 0.6 is 0 Å². The first-order valence-corrected chi connectivity index (χ1v) is 6.26. The van der Waals surface area contributed by atoms with E-state index in [1.54, 1.807) is 0 Å². The number of amides is 1. The number of allylic oxidation sites excluding steroid dienone is 1. The second-order valence-corrected chi connectivity index (χ2v) is 4.78. The van der Waals surface area contributed by atoms with Crippen LogP contribution in [0.1, 0.15) is 34.6 Å². The third-order valence-electron chi connectivity index (χ3n) is 1.89. The van der Waals surface area contributed by atoms with E-state index in [-0.39, 0.29) is 6.54 Å². The maximum absolute atomic E-state index is 11.6. The molecule has 19 heavy (non-hydrogen) atoms. The molecule has 0 aromatic rings. The maximum atomic E-state index is 11.6. The molecule has 1 N–H and O–H groups in total. The number of alkyl carbamates (subject to hydrolysis) is 1. The van der Waals surface area contributed by atoms with Crippen molar-refractivity contribution < 1.29 is 14.3 Å². The van der Waals surface area contributed by atoms with E-state index >= 15 is 0 Å². The molecule has 0 atom stereocenters. The van der Waals surface area contributed by atoms with Crippen LogP contribution in [-0.4, -0.2) is 31.6 Å². The molecule has 0 aliphatic rings. The summed E-state index contributed by atoms with van der Waals surface area (Å²) < 4.78 is 10.5. The number of hydrogen-bond acceptors (Lipinski definition) is 4. The molecule has 0 radical (unpaired) electrons. The van der Waals surface area contributed by atoms with Crippen molar-refractivity contribution in [3.63, 3.8) is 0 Å². The highest BCUT2D eigenvalue weighted by Gasteiger charge is 2.16. The molecule has 108 valence electrons. The lowest BCUT2D eigenvalue weighted by Crippen LogP contribution is -2.33. The van der Waals surface area contributed by atoms with Gasteiger partial charge in [0.1, 0.15) is 5.60 Å². The minimum atomic E-state index is -0.520. The van der Waals surface area contributed by atoms with Gasteiger partial charge in [0.25, 0.3) is 0 Å². The van der Waals surface area contributed by atoms with Crippen LogP contribution in [0.25, 0.3) is 0 Å². The summed E-state index contributed by atoms with van der Waals surface area (Å²) in [6.45, 7) is 13.4. The van der Waals surface area contributed by atoms with Gasteiger partial charge in [0.05, 0.1) is 13.2 Å². The molecule has 0 unspecified atom stereocenters. The summed E-state index contributed by atoms with van der Waals surface area (Å²) in [6, 6.07) is 0. The van der Waals surface area contributed by atoms with Crippen molar-refractivity contribution in [3.8, 4) is 0 Å². The lowest BCUT2D eigenvalue weighted by molar-refractivity contribution is 0.0532. The molecule has 0 heterocycles. The Hall–Kier alpha value is -1.78. The number of hydrogen-bond donors (Lipinski definition) is 1. The van der Waals surface area contributed by atoms with E-state index < -0.39 is 11.7 Å². The summed E-state index contributed by atoms with van der Waals surface area (Å²) in [5.74, 6) is 0.414. The third kappa shape index (κ3) is 8.02. The van der Waals surface area contributed by atoms with Gasteiger partial charge in [0, 0.05) is 5.57 Å². The Labute approximate surface area is 115 Å². The second-order valence-electron chi connectivity index (χ2n) is 4.78. The van der Waals surface area contributed by atoms with Crippen LogP contribution in [0.3, 0.4) is 0 Å². The molecule has 5 nitrogen and oxygen atoms in total. The molecule has 0 saturated carbocycles. The number of aliphatic imine (C=N–C) groups is 1. The van der Waals surface area contributed by atoms with Gasteiger partial charge in [0.15, 0.2) is 0 Å². The van der Waals surface area contributed by atoms with E-state index in [9.17, 15) is 4.79 Å². The second kappa shape index (κ2) is 8.34. The van der Waals surface area contributed by atoms with Gasteiger partial charge in [-0.1, -0.05) is 12.2 Å². The number of carbonyl (C=O) groups excluding carboxylic acids is 1. The summed E-state index contributed by atoms with van der Waals surface area (Å²) in [4.78, 5) is 15.4. The summed E-state index contributed by atoms with van der Waals surface area (Å²) in [5, 5.41) is 2.66. The first-order chi connectivity index (χ1) is 8.84.